The zero-order valence-corrected chi connectivity index (χ0v) is 11.8. The second kappa shape index (κ2) is 6.25. The van der Waals surface area contributed by atoms with Gasteiger partial charge in [-0.3, -0.25) is 9.78 Å². The molecular formula is C13H19N3O4. The summed E-state index contributed by atoms with van der Waals surface area (Å²) in [5.41, 5.74) is 0.981. The van der Waals surface area contributed by atoms with Crippen LogP contribution in [0.2, 0.25) is 0 Å². The standard InChI is InChI=1S/C13H19N3O4/c1-8-4-15-9(5-14-8)13(18)16(2)10-6-20-7-11(19-3)12(10)17/h4-5,10-12,17H,6-7H2,1-3H3/t10-,11-,12+/m1/s1. The zero-order chi connectivity index (χ0) is 14.7. The van der Waals surface area contributed by atoms with Crippen LogP contribution in [0.15, 0.2) is 12.4 Å². The first-order chi connectivity index (χ1) is 9.54. The summed E-state index contributed by atoms with van der Waals surface area (Å²) in [5, 5.41) is 10.2. The van der Waals surface area contributed by atoms with Crippen LogP contribution >= 0.6 is 0 Å². The molecule has 110 valence electrons. The molecule has 1 N–H and O–H groups in total. The molecule has 0 bridgehead atoms. The van der Waals surface area contributed by atoms with Crippen LogP contribution in [-0.4, -0.2) is 71.5 Å². The van der Waals surface area contributed by atoms with Gasteiger partial charge in [-0.2, -0.15) is 0 Å². The molecule has 1 aliphatic rings. The fourth-order valence-corrected chi connectivity index (χ4v) is 2.13. The number of rotatable bonds is 3. The third kappa shape index (κ3) is 2.95. The van der Waals surface area contributed by atoms with Crippen molar-refractivity contribution in [1.29, 1.82) is 0 Å². The lowest BCUT2D eigenvalue weighted by atomic mass is 10.0. The van der Waals surface area contributed by atoms with E-state index in [4.69, 9.17) is 9.47 Å². The number of aliphatic hydroxyl groups excluding tert-OH is 1. The summed E-state index contributed by atoms with van der Waals surface area (Å²) in [4.78, 5) is 21.8. The van der Waals surface area contributed by atoms with Gasteiger partial charge in [0, 0.05) is 20.4 Å². The van der Waals surface area contributed by atoms with Gasteiger partial charge in [-0.1, -0.05) is 0 Å². The molecule has 2 heterocycles. The topological polar surface area (TPSA) is 84.8 Å². The van der Waals surface area contributed by atoms with Gasteiger partial charge in [-0.15, -0.1) is 0 Å². The molecule has 1 saturated heterocycles. The lowest BCUT2D eigenvalue weighted by Crippen LogP contribution is -2.56. The highest BCUT2D eigenvalue weighted by atomic mass is 16.5. The van der Waals surface area contributed by atoms with E-state index >= 15 is 0 Å². The number of ether oxygens (including phenoxy) is 2. The van der Waals surface area contributed by atoms with Crippen LogP contribution in [0.3, 0.4) is 0 Å². The molecule has 7 heteroatoms. The summed E-state index contributed by atoms with van der Waals surface area (Å²) >= 11 is 0. The Hall–Kier alpha value is -1.57. The van der Waals surface area contributed by atoms with E-state index in [0.717, 1.165) is 5.69 Å². The minimum absolute atomic E-state index is 0.241. The first-order valence-electron chi connectivity index (χ1n) is 6.39. The third-order valence-corrected chi connectivity index (χ3v) is 3.47. The molecule has 0 saturated carbocycles. The van der Waals surface area contributed by atoms with Crippen LogP contribution in [0.5, 0.6) is 0 Å². The second-order valence-electron chi connectivity index (χ2n) is 4.83. The van der Waals surface area contributed by atoms with Gasteiger partial charge in [0.2, 0.25) is 0 Å². The summed E-state index contributed by atoms with van der Waals surface area (Å²) in [6.45, 7) is 2.38. The van der Waals surface area contributed by atoms with E-state index in [1.165, 1.54) is 24.4 Å². The van der Waals surface area contributed by atoms with Crippen LogP contribution in [0.4, 0.5) is 0 Å². The van der Waals surface area contributed by atoms with E-state index in [9.17, 15) is 9.90 Å². The SMILES string of the molecule is CO[C@@H]1COC[C@@H](N(C)C(=O)c2cnc(C)cn2)[C@@H]1O. The van der Waals surface area contributed by atoms with E-state index in [2.05, 4.69) is 9.97 Å². The molecule has 0 unspecified atom stereocenters. The fourth-order valence-electron chi connectivity index (χ4n) is 2.13. The Morgan fingerprint density at radius 3 is 2.80 bits per heavy atom. The minimum Gasteiger partial charge on any atom is -0.388 e. The number of amides is 1. The van der Waals surface area contributed by atoms with Crippen molar-refractivity contribution in [3.8, 4) is 0 Å². The first-order valence-corrected chi connectivity index (χ1v) is 6.39. The van der Waals surface area contributed by atoms with Crippen molar-refractivity contribution >= 4 is 5.91 Å². The fraction of sp³-hybridized carbons (Fsp3) is 0.615. The predicted molar refractivity (Wildman–Crippen MR) is 70.3 cm³/mol. The van der Waals surface area contributed by atoms with Crippen molar-refractivity contribution < 1.29 is 19.4 Å². The lowest BCUT2D eigenvalue weighted by Gasteiger charge is -2.38. The molecule has 3 atom stereocenters. The lowest BCUT2D eigenvalue weighted by molar-refractivity contribution is -0.135. The molecule has 1 aliphatic heterocycles. The van der Waals surface area contributed by atoms with Crippen LogP contribution in [0, 0.1) is 6.92 Å². The van der Waals surface area contributed by atoms with E-state index in [0.29, 0.717) is 6.61 Å². The van der Waals surface area contributed by atoms with Gasteiger partial charge in [0.15, 0.2) is 0 Å². The molecule has 1 aromatic heterocycles. The maximum Gasteiger partial charge on any atom is 0.274 e. The van der Waals surface area contributed by atoms with E-state index < -0.39 is 18.2 Å². The average molecular weight is 281 g/mol. The van der Waals surface area contributed by atoms with Crippen LogP contribution < -0.4 is 0 Å². The molecule has 2 rings (SSSR count). The number of nitrogens with zero attached hydrogens (tertiary/aromatic N) is 3. The normalized spacial score (nSPS) is 26.3. The molecule has 1 amide bonds. The van der Waals surface area contributed by atoms with Gasteiger partial charge < -0.3 is 19.5 Å². The largest absolute Gasteiger partial charge is 0.388 e. The molecule has 0 spiro atoms. The smallest absolute Gasteiger partial charge is 0.274 e. The number of aliphatic hydroxyl groups is 1. The molecule has 0 radical (unpaired) electrons. The number of aromatic nitrogens is 2. The molecular weight excluding hydrogens is 262 g/mol. The number of hydrogen-bond acceptors (Lipinski definition) is 6. The highest BCUT2D eigenvalue weighted by molar-refractivity contribution is 5.92. The number of methoxy groups -OCH3 is 1. The number of carbonyl (C=O) groups excluding carboxylic acids is 1. The van der Waals surface area contributed by atoms with E-state index in [-0.39, 0.29) is 18.2 Å². The van der Waals surface area contributed by atoms with Crippen molar-refractivity contribution in [2.45, 2.75) is 25.2 Å². The Morgan fingerprint density at radius 2 is 2.20 bits per heavy atom. The van der Waals surface area contributed by atoms with Crippen LogP contribution in [0.25, 0.3) is 0 Å². The highest BCUT2D eigenvalue weighted by Crippen LogP contribution is 2.17. The van der Waals surface area contributed by atoms with Crippen molar-refractivity contribution in [1.82, 2.24) is 14.9 Å². The Labute approximate surface area is 117 Å². The van der Waals surface area contributed by atoms with Gasteiger partial charge >= 0.3 is 0 Å². The van der Waals surface area contributed by atoms with Gasteiger partial charge in [0.25, 0.3) is 5.91 Å². The van der Waals surface area contributed by atoms with E-state index in [1.807, 2.05) is 0 Å². The average Bonchev–Trinajstić information content (AvgIpc) is 2.47. The summed E-state index contributed by atoms with van der Waals surface area (Å²) in [7, 11) is 3.12. The first kappa shape index (κ1) is 14.8. The van der Waals surface area contributed by atoms with Gasteiger partial charge in [0.1, 0.15) is 17.9 Å². The van der Waals surface area contributed by atoms with Crippen molar-refractivity contribution in [3.05, 3.63) is 23.8 Å². The molecule has 1 aromatic rings. The third-order valence-electron chi connectivity index (χ3n) is 3.47. The number of carbonyl (C=O) groups is 1. The number of likely N-dealkylation sites (N-methyl/N-ethyl adjacent to an activating group) is 1. The quantitative estimate of drug-likeness (QED) is 0.814. The monoisotopic (exact) mass is 281 g/mol. The summed E-state index contributed by atoms with van der Waals surface area (Å²) in [6.07, 6.45) is 1.74. The Morgan fingerprint density at radius 1 is 1.45 bits per heavy atom. The summed E-state index contributed by atoms with van der Waals surface area (Å²) in [6, 6.07) is -0.468. The Bertz CT molecular complexity index is 465. The minimum atomic E-state index is -0.791. The number of hydrogen-bond donors (Lipinski definition) is 1. The number of aryl methyl sites for hydroxylation is 1. The van der Waals surface area contributed by atoms with Gasteiger partial charge in [0.05, 0.1) is 31.1 Å². The summed E-state index contributed by atoms with van der Waals surface area (Å²) < 4.78 is 10.5. The Kier molecular flexibility index (Phi) is 4.64. The van der Waals surface area contributed by atoms with Crippen molar-refractivity contribution in [2.75, 3.05) is 27.4 Å². The van der Waals surface area contributed by atoms with Crippen molar-refractivity contribution in [3.63, 3.8) is 0 Å². The molecule has 20 heavy (non-hydrogen) atoms. The molecule has 1 fully saturated rings. The zero-order valence-electron chi connectivity index (χ0n) is 11.8. The van der Waals surface area contributed by atoms with Gasteiger partial charge in [-0.05, 0) is 6.92 Å². The van der Waals surface area contributed by atoms with Crippen LogP contribution in [-0.2, 0) is 9.47 Å². The van der Waals surface area contributed by atoms with Crippen molar-refractivity contribution in [2.24, 2.45) is 0 Å². The molecule has 0 aliphatic carbocycles. The maximum atomic E-state index is 12.3. The highest BCUT2D eigenvalue weighted by Gasteiger charge is 2.37. The van der Waals surface area contributed by atoms with Crippen LogP contribution in [0.1, 0.15) is 16.2 Å². The second-order valence-corrected chi connectivity index (χ2v) is 4.83. The maximum absolute atomic E-state index is 12.3. The molecule has 0 aromatic carbocycles. The molecule has 7 nitrogen and oxygen atoms in total. The van der Waals surface area contributed by atoms with E-state index in [1.54, 1.807) is 14.0 Å². The van der Waals surface area contributed by atoms with Gasteiger partial charge in [-0.25, -0.2) is 4.98 Å². The Balaban J connectivity index is 2.11. The summed E-state index contributed by atoms with van der Waals surface area (Å²) in [5.74, 6) is -0.304. The predicted octanol–water partition coefficient (Wildman–Crippen LogP) is -0.368.